The molecule has 0 aliphatic rings. The van der Waals surface area contributed by atoms with Gasteiger partial charge in [0.25, 0.3) is 0 Å². The van der Waals surface area contributed by atoms with Crippen LogP contribution >= 0.6 is 23.2 Å². The second kappa shape index (κ2) is 13.8. The van der Waals surface area contributed by atoms with Crippen LogP contribution in [0.25, 0.3) is 0 Å². The number of rotatable bonds is 12. The molecule has 184 valence electrons. The zero-order valence-corrected chi connectivity index (χ0v) is 21.6. The Balaban J connectivity index is 1.72. The van der Waals surface area contributed by atoms with Gasteiger partial charge in [0.1, 0.15) is 5.75 Å². The summed E-state index contributed by atoms with van der Waals surface area (Å²) in [6, 6.07) is 23.6. The van der Waals surface area contributed by atoms with Gasteiger partial charge < -0.3 is 9.64 Å². The number of carbonyl (C=O) groups excluding carboxylic acids is 1. The number of benzene rings is 3. The van der Waals surface area contributed by atoms with Gasteiger partial charge in [-0.25, -0.2) is 5.43 Å². The lowest BCUT2D eigenvalue weighted by molar-refractivity contribution is -0.122. The molecule has 7 heteroatoms. The Morgan fingerprint density at radius 1 is 1.03 bits per heavy atom. The molecule has 0 aromatic heterocycles. The van der Waals surface area contributed by atoms with Crippen LogP contribution in [0.5, 0.6) is 5.75 Å². The summed E-state index contributed by atoms with van der Waals surface area (Å²) in [5, 5.41) is 4.26. The molecule has 3 aromatic rings. The van der Waals surface area contributed by atoms with E-state index in [9.17, 15) is 4.79 Å². The first-order valence-corrected chi connectivity index (χ1v) is 12.6. The van der Waals surface area contributed by atoms with E-state index in [2.05, 4.69) is 21.5 Å². The highest BCUT2D eigenvalue weighted by molar-refractivity contribution is 6.18. The summed E-state index contributed by atoms with van der Waals surface area (Å²) < 4.78 is 5.24. The van der Waals surface area contributed by atoms with E-state index in [1.807, 2.05) is 73.7 Å². The van der Waals surface area contributed by atoms with Gasteiger partial charge in [0.15, 0.2) is 0 Å². The smallest absolute Gasteiger partial charge is 0.247 e. The summed E-state index contributed by atoms with van der Waals surface area (Å²) in [4.78, 5) is 15.3. The molecule has 0 fully saturated rings. The van der Waals surface area contributed by atoms with E-state index in [-0.39, 0.29) is 11.8 Å². The maximum Gasteiger partial charge on any atom is 0.247 e. The highest BCUT2D eigenvalue weighted by atomic mass is 35.5. The molecule has 0 bridgehead atoms. The molecule has 3 aromatic carbocycles. The van der Waals surface area contributed by atoms with E-state index in [1.54, 1.807) is 13.3 Å². The zero-order valence-electron chi connectivity index (χ0n) is 20.1. The highest BCUT2D eigenvalue weighted by Crippen LogP contribution is 2.23. The number of nitrogens with zero attached hydrogens (tertiary/aromatic N) is 2. The van der Waals surface area contributed by atoms with Gasteiger partial charge in [-0.3, -0.25) is 4.79 Å². The summed E-state index contributed by atoms with van der Waals surface area (Å²) in [5.74, 6) is 1.32. The molecule has 0 saturated heterocycles. The van der Waals surface area contributed by atoms with Crippen LogP contribution in [-0.4, -0.2) is 44.1 Å². The molecule has 0 unspecified atom stereocenters. The zero-order chi connectivity index (χ0) is 25.0. The quantitative estimate of drug-likeness (QED) is 0.191. The van der Waals surface area contributed by atoms with Crippen LogP contribution in [-0.2, 0) is 11.2 Å². The number of halogens is 2. The molecule has 35 heavy (non-hydrogen) atoms. The maximum atomic E-state index is 13.2. The minimum atomic E-state index is -0.370. The van der Waals surface area contributed by atoms with Gasteiger partial charge >= 0.3 is 0 Å². The average molecular weight is 512 g/mol. The number of anilines is 1. The third-order valence-electron chi connectivity index (χ3n) is 5.82. The highest BCUT2D eigenvalue weighted by Gasteiger charge is 2.21. The fourth-order valence-electron chi connectivity index (χ4n) is 3.86. The molecule has 3 rings (SSSR count). The topological polar surface area (TPSA) is 53.9 Å². The van der Waals surface area contributed by atoms with Crippen molar-refractivity contribution in [3.63, 3.8) is 0 Å². The van der Waals surface area contributed by atoms with E-state index in [0.717, 1.165) is 46.8 Å². The number of hydrogen-bond donors (Lipinski definition) is 1. The number of methoxy groups -OCH3 is 1. The molecule has 1 amide bonds. The van der Waals surface area contributed by atoms with E-state index < -0.39 is 0 Å². The predicted octanol–water partition coefficient (Wildman–Crippen LogP) is 5.76. The van der Waals surface area contributed by atoms with Gasteiger partial charge in [-0.2, -0.15) is 5.10 Å². The second-order valence-corrected chi connectivity index (χ2v) is 8.91. The van der Waals surface area contributed by atoms with Gasteiger partial charge in [-0.1, -0.05) is 48.5 Å². The third-order valence-corrected chi connectivity index (χ3v) is 6.16. The number of nitrogens with one attached hydrogen (secondary N) is 1. The lowest BCUT2D eigenvalue weighted by atomic mass is 9.91. The van der Waals surface area contributed by atoms with Crippen molar-refractivity contribution in [2.75, 3.05) is 36.9 Å². The third kappa shape index (κ3) is 7.74. The normalized spacial score (nSPS) is 11.9. The van der Waals surface area contributed by atoms with Crippen molar-refractivity contribution in [2.45, 2.75) is 19.3 Å². The molecule has 0 aliphatic heterocycles. The minimum Gasteiger partial charge on any atom is -0.497 e. The molecule has 0 saturated carbocycles. The molecule has 1 atom stereocenters. The van der Waals surface area contributed by atoms with Crippen molar-refractivity contribution in [3.05, 3.63) is 95.1 Å². The number of amides is 1. The number of ether oxygens (including phenoxy) is 1. The summed E-state index contributed by atoms with van der Waals surface area (Å²) in [7, 11) is 1.64. The van der Waals surface area contributed by atoms with Crippen molar-refractivity contribution < 1.29 is 9.53 Å². The van der Waals surface area contributed by atoms with Gasteiger partial charge in [0.2, 0.25) is 5.91 Å². The van der Waals surface area contributed by atoms with E-state index in [0.29, 0.717) is 18.2 Å². The monoisotopic (exact) mass is 511 g/mol. The lowest BCUT2D eigenvalue weighted by Gasteiger charge is -2.23. The molecular weight excluding hydrogens is 481 g/mol. The molecule has 0 aliphatic carbocycles. The van der Waals surface area contributed by atoms with Crippen molar-refractivity contribution in [2.24, 2.45) is 5.10 Å². The van der Waals surface area contributed by atoms with Crippen LogP contribution in [0.3, 0.4) is 0 Å². The molecule has 0 heterocycles. The second-order valence-electron chi connectivity index (χ2n) is 8.16. The van der Waals surface area contributed by atoms with Crippen LogP contribution in [0.1, 0.15) is 28.2 Å². The Labute approximate surface area is 217 Å². The number of carbonyl (C=O) groups is 1. The Kier molecular flexibility index (Phi) is 10.5. The fourth-order valence-corrected chi connectivity index (χ4v) is 4.27. The SMILES string of the molecule is COc1ccc(C[C@@H](C(=O)N/N=C/c2ccc(N(CCCl)CCCl)cc2C)c2ccccc2)cc1. The van der Waals surface area contributed by atoms with Gasteiger partial charge in [-0.15, -0.1) is 23.2 Å². The molecule has 5 nitrogen and oxygen atoms in total. The maximum absolute atomic E-state index is 13.2. The van der Waals surface area contributed by atoms with Crippen LogP contribution < -0.4 is 15.1 Å². The van der Waals surface area contributed by atoms with Crippen molar-refractivity contribution in [1.29, 1.82) is 0 Å². The number of hydrogen-bond acceptors (Lipinski definition) is 4. The standard InChI is InChI=1S/C28H31Cl2N3O2/c1-21-18-25(33(16-14-29)17-15-30)11-10-24(21)20-31-32-28(34)27(23-6-4-3-5-7-23)19-22-8-12-26(35-2)13-9-22/h3-13,18,20,27H,14-17,19H2,1-2H3,(H,32,34)/b31-20+/t27-/m1/s1. The van der Waals surface area contributed by atoms with Gasteiger partial charge in [-0.05, 0) is 59.9 Å². The largest absolute Gasteiger partial charge is 0.497 e. The summed E-state index contributed by atoms with van der Waals surface area (Å²) in [5.41, 5.74) is 7.76. The minimum absolute atomic E-state index is 0.159. The Hall–Kier alpha value is -3.02. The summed E-state index contributed by atoms with van der Waals surface area (Å²) in [6.45, 7) is 3.47. The summed E-state index contributed by atoms with van der Waals surface area (Å²) >= 11 is 11.9. The predicted molar refractivity (Wildman–Crippen MR) is 146 cm³/mol. The van der Waals surface area contributed by atoms with Crippen LogP contribution in [0.15, 0.2) is 77.9 Å². The molecule has 1 N–H and O–H groups in total. The Bertz CT molecular complexity index is 1100. The first-order valence-electron chi connectivity index (χ1n) is 11.5. The fraction of sp³-hybridized carbons (Fsp3) is 0.286. The summed E-state index contributed by atoms with van der Waals surface area (Å²) in [6.07, 6.45) is 2.24. The van der Waals surface area contributed by atoms with Crippen molar-refractivity contribution in [3.8, 4) is 5.75 Å². The van der Waals surface area contributed by atoms with E-state index >= 15 is 0 Å². The Morgan fingerprint density at radius 2 is 1.71 bits per heavy atom. The van der Waals surface area contributed by atoms with E-state index in [1.165, 1.54) is 0 Å². The van der Waals surface area contributed by atoms with Crippen molar-refractivity contribution >= 4 is 41.0 Å². The van der Waals surface area contributed by atoms with Crippen LogP contribution in [0.2, 0.25) is 0 Å². The first-order chi connectivity index (χ1) is 17.0. The lowest BCUT2D eigenvalue weighted by Crippen LogP contribution is -2.27. The van der Waals surface area contributed by atoms with E-state index in [4.69, 9.17) is 27.9 Å². The molecule has 0 radical (unpaired) electrons. The number of aryl methyl sites for hydroxylation is 1. The Morgan fingerprint density at radius 3 is 2.31 bits per heavy atom. The molecular formula is C28H31Cl2N3O2. The number of alkyl halides is 2. The van der Waals surface area contributed by atoms with Gasteiger partial charge in [0, 0.05) is 30.5 Å². The average Bonchev–Trinajstić information content (AvgIpc) is 2.89. The van der Waals surface area contributed by atoms with Crippen LogP contribution in [0, 0.1) is 6.92 Å². The molecule has 0 spiro atoms. The van der Waals surface area contributed by atoms with Gasteiger partial charge in [0.05, 0.1) is 19.2 Å². The van der Waals surface area contributed by atoms with Crippen molar-refractivity contribution in [1.82, 2.24) is 5.43 Å². The first kappa shape index (κ1) is 26.6. The van der Waals surface area contributed by atoms with Crippen LogP contribution in [0.4, 0.5) is 5.69 Å². The number of hydrazone groups is 1.